The lowest BCUT2D eigenvalue weighted by molar-refractivity contribution is 0.353. The maximum atomic E-state index is 6.16. The summed E-state index contributed by atoms with van der Waals surface area (Å²) in [5.41, 5.74) is 2.54. The Labute approximate surface area is 123 Å². The van der Waals surface area contributed by atoms with Gasteiger partial charge in [-0.05, 0) is 48.4 Å². The molecule has 1 atom stereocenters. The minimum atomic E-state index is 0.577. The maximum absolute atomic E-state index is 6.16. The molecule has 0 fully saturated rings. The normalized spacial score (nSPS) is 15.6. The first-order valence-corrected chi connectivity index (χ1v) is 7.93. The van der Waals surface area contributed by atoms with E-state index in [-0.39, 0.29) is 0 Å². The highest BCUT2D eigenvalue weighted by Crippen LogP contribution is 2.34. The van der Waals surface area contributed by atoms with Crippen LogP contribution in [0.3, 0.4) is 0 Å². The molecule has 100 valence electrons. The average Bonchev–Trinajstić information content (AvgIpc) is 2.72. The molecule has 0 saturated heterocycles. The number of aryl methyl sites for hydroxylation is 1. The quantitative estimate of drug-likeness (QED) is 0.689. The van der Waals surface area contributed by atoms with Crippen molar-refractivity contribution in [3.63, 3.8) is 0 Å². The minimum Gasteiger partial charge on any atom is -0.493 e. The Morgan fingerprint density at radius 2 is 2.17 bits per heavy atom. The van der Waals surface area contributed by atoms with Crippen molar-refractivity contribution >= 4 is 27.5 Å². The number of fused-ring (bicyclic) bond motifs is 1. The first-order valence-electron chi connectivity index (χ1n) is 6.64. The number of alkyl halides is 1. The maximum Gasteiger partial charge on any atom is 0.125 e. The lowest BCUT2D eigenvalue weighted by atomic mass is 10.00. The summed E-state index contributed by atoms with van der Waals surface area (Å²) in [4.78, 5) is 0.577. The van der Waals surface area contributed by atoms with Gasteiger partial charge in [-0.1, -0.05) is 41.4 Å². The van der Waals surface area contributed by atoms with Gasteiger partial charge in [0.05, 0.1) is 6.61 Å². The highest BCUT2D eigenvalue weighted by molar-refractivity contribution is 9.09. The van der Waals surface area contributed by atoms with Gasteiger partial charge < -0.3 is 4.74 Å². The van der Waals surface area contributed by atoms with Crippen molar-refractivity contribution in [1.82, 2.24) is 0 Å². The smallest absolute Gasteiger partial charge is 0.125 e. The van der Waals surface area contributed by atoms with Gasteiger partial charge >= 0.3 is 0 Å². The summed E-state index contributed by atoms with van der Waals surface area (Å²) in [7, 11) is 0. The summed E-state index contributed by atoms with van der Waals surface area (Å²) in [5, 5.41) is 0.837. The van der Waals surface area contributed by atoms with E-state index in [1.54, 1.807) is 0 Å². The largest absolute Gasteiger partial charge is 0.493 e. The van der Waals surface area contributed by atoms with Crippen LogP contribution in [0.1, 0.15) is 37.8 Å². The van der Waals surface area contributed by atoms with Crippen molar-refractivity contribution in [3.05, 3.63) is 28.3 Å². The Balaban J connectivity index is 2.01. The fourth-order valence-electron chi connectivity index (χ4n) is 2.47. The van der Waals surface area contributed by atoms with E-state index in [9.17, 15) is 0 Å². The van der Waals surface area contributed by atoms with Crippen LogP contribution in [0.15, 0.2) is 12.1 Å². The van der Waals surface area contributed by atoms with Gasteiger partial charge in [0.25, 0.3) is 0 Å². The van der Waals surface area contributed by atoms with Gasteiger partial charge in [-0.15, -0.1) is 0 Å². The number of hydrogen-bond donors (Lipinski definition) is 0. The molecule has 0 bridgehead atoms. The minimum absolute atomic E-state index is 0.577. The summed E-state index contributed by atoms with van der Waals surface area (Å²) >= 11 is 9.92. The molecule has 1 aromatic carbocycles. The molecule has 0 radical (unpaired) electrons. The lowest BCUT2D eigenvalue weighted by Crippen LogP contribution is -2.05. The molecule has 1 heterocycles. The summed E-state index contributed by atoms with van der Waals surface area (Å²) < 4.78 is 5.72. The van der Waals surface area contributed by atoms with E-state index in [2.05, 4.69) is 35.8 Å². The molecule has 1 nitrogen and oxygen atoms in total. The zero-order valence-electron chi connectivity index (χ0n) is 11.0. The van der Waals surface area contributed by atoms with E-state index in [1.165, 1.54) is 17.5 Å². The first-order chi connectivity index (χ1) is 8.56. The van der Waals surface area contributed by atoms with Gasteiger partial charge in [-0.3, -0.25) is 0 Å². The molecule has 0 saturated carbocycles. The van der Waals surface area contributed by atoms with Gasteiger partial charge in [-0.25, -0.2) is 0 Å². The van der Waals surface area contributed by atoms with Gasteiger partial charge in [0.15, 0.2) is 0 Å². The van der Waals surface area contributed by atoms with Crippen LogP contribution in [0.25, 0.3) is 0 Å². The van der Waals surface area contributed by atoms with E-state index in [1.807, 2.05) is 6.07 Å². The molecular formula is C15H20BrClO. The fraction of sp³-hybridized carbons (Fsp3) is 0.600. The van der Waals surface area contributed by atoms with Crippen molar-refractivity contribution < 1.29 is 4.74 Å². The summed E-state index contributed by atoms with van der Waals surface area (Å²) in [6, 6.07) is 4.09. The summed E-state index contributed by atoms with van der Waals surface area (Å²) in [5.74, 6) is 1.82. The summed E-state index contributed by atoms with van der Waals surface area (Å²) in [6.45, 7) is 5.31. The Morgan fingerprint density at radius 3 is 2.89 bits per heavy atom. The van der Waals surface area contributed by atoms with Crippen LogP contribution in [0.4, 0.5) is 0 Å². The Hall–Kier alpha value is -0.210. The molecule has 3 heteroatoms. The van der Waals surface area contributed by atoms with Gasteiger partial charge in [0, 0.05) is 16.3 Å². The topological polar surface area (TPSA) is 9.23 Å². The second-order valence-corrected chi connectivity index (χ2v) is 7.15. The Bertz CT molecular complexity index is 417. The zero-order chi connectivity index (χ0) is 13.1. The number of hydrogen-bond acceptors (Lipinski definition) is 1. The SMILES string of the molecule is CC(C)CC(Br)CCc1cc(Cl)cc2c1OCC2. The monoisotopic (exact) mass is 330 g/mol. The van der Waals surface area contributed by atoms with Crippen molar-refractivity contribution in [1.29, 1.82) is 0 Å². The average molecular weight is 332 g/mol. The van der Waals surface area contributed by atoms with Crippen LogP contribution in [-0.2, 0) is 12.8 Å². The van der Waals surface area contributed by atoms with Crippen molar-refractivity contribution in [2.45, 2.75) is 44.4 Å². The standard InChI is InChI=1S/C15H20BrClO/c1-10(2)7-13(16)4-3-11-8-14(17)9-12-5-6-18-15(11)12/h8-10,13H,3-7H2,1-2H3. The third-order valence-electron chi connectivity index (χ3n) is 3.28. The van der Waals surface area contributed by atoms with E-state index >= 15 is 0 Å². The Morgan fingerprint density at radius 1 is 1.39 bits per heavy atom. The highest BCUT2D eigenvalue weighted by Gasteiger charge is 2.18. The molecule has 0 amide bonds. The van der Waals surface area contributed by atoms with E-state index < -0.39 is 0 Å². The first kappa shape index (κ1) is 14.2. The lowest BCUT2D eigenvalue weighted by Gasteiger charge is -2.14. The summed E-state index contributed by atoms with van der Waals surface area (Å²) in [6.07, 6.45) is 4.37. The van der Waals surface area contributed by atoms with E-state index in [4.69, 9.17) is 16.3 Å². The van der Waals surface area contributed by atoms with Gasteiger partial charge in [0.2, 0.25) is 0 Å². The van der Waals surface area contributed by atoms with Crippen molar-refractivity contribution in [3.8, 4) is 5.75 Å². The molecule has 2 rings (SSSR count). The predicted molar refractivity (Wildman–Crippen MR) is 81.1 cm³/mol. The van der Waals surface area contributed by atoms with Crippen LogP contribution in [0.2, 0.25) is 5.02 Å². The van der Waals surface area contributed by atoms with Crippen LogP contribution in [-0.4, -0.2) is 11.4 Å². The number of ether oxygens (including phenoxy) is 1. The van der Waals surface area contributed by atoms with Crippen molar-refractivity contribution in [2.24, 2.45) is 5.92 Å². The third-order valence-corrected chi connectivity index (χ3v) is 4.33. The molecule has 0 spiro atoms. The fourth-order valence-corrected chi connectivity index (χ4v) is 3.71. The molecule has 1 aromatic rings. The third kappa shape index (κ3) is 3.64. The Kier molecular flexibility index (Phi) is 4.97. The van der Waals surface area contributed by atoms with E-state index in [0.29, 0.717) is 4.83 Å². The highest BCUT2D eigenvalue weighted by atomic mass is 79.9. The van der Waals surface area contributed by atoms with Crippen LogP contribution in [0.5, 0.6) is 5.75 Å². The van der Waals surface area contributed by atoms with Crippen LogP contribution in [0, 0.1) is 5.92 Å². The molecular weight excluding hydrogens is 312 g/mol. The van der Waals surface area contributed by atoms with Crippen LogP contribution >= 0.6 is 27.5 Å². The number of halogens is 2. The van der Waals surface area contributed by atoms with Crippen LogP contribution < -0.4 is 4.74 Å². The van der Waals surface area contributed by atoms with E-state index in [0.717, 1.165) is 42.6 Å². The van der Waals surface area contributed by atoms with Gasteiger partial charge in [0.1, 0.15) is 5.75 Å². The predicted octanol–water partition coefficient (Wildman–Crippen LogP) is 5.02. The number of benzene rings is 1. The second kappa shape index (κ2) is 6.29. The van der Waals surface area contributed by atoms with Crippen molar-refractivity contribution in [2.75, 3.05) is 6.61 Å². The molecule has 1 aliphatic rings. The zero-order valence-corrected chi connectivity index (χ0v) is 13.4. The van der Waals surface area contributed by atoms with Gasteiger partial charge in [-0.2, -0.15) is 0 Å². The molecule has 1 aliphatic heterocycles. The molecule has 18 heavy (non-hydrogen) atoms. The number of rotatable bonds is 5. The molecule has 0 aromatic heterocycles. The second-order valence-electron chi connectivity index (χ2n) is 5.42. The molecule has 1 unspecified atom stereocenters. The molecule has 0 N–H and O–H groups in total. The molecule has 0 aliphatic carbocycles.